The quantitative estimate of drug-likeness (QED) is 0.0740. The van der Waals surface area contributed by atoms with Crippen LogP contribution >= 0.6 is 8.58 Å². The fraction of sp³-hybridized carbons (Fsp3) is 0.378. The highest BCUT2D eigenvalue weighted by Crippen LogP contribution is 2.45. The lowest BCUT2D eigenvalue weighted by atomic mass is 9.87. The number of nitrogen functional groups attached to an aromatic ring is 1. The van der Waals surface area contributed by atoms with Crippen molar-refractivity contribution in [3.63, 3.8) is 0 Å². The van der Waals surface area contributed by atoms with Gasteiger partial charge in [0.15, 0.2) is 0 Å². The Labute approximate surface area is 281 Å². The van der Waals surface area contributed by atoms with Gasteiger partial charge in [0.2, 0.25) is 5.91 Å². The zero-order valence-corrected chi connectivity index (χ0v) is 28.0. The van der Waals surface area contributed by atoms with Crippen molar-refractivity contribution in [2.45, 2.75) is 50.2 Å². The van der Waals surface area contributed by atoms with Crippen LogP contribution in [0.15, 0.2) is 90.3 Å². The molecule has 2 aromatic carbocycles. The minimum Gasteiger partial charge on any atom is -0.398 e. The van der Waals surface area contributed by atoms with Gasteiger partial charge in [-0.2, -0.15) is 13.2 Å². The Balaban J connectivity index is 1.33. The van der Waals surface area contributed by atoms with Gasteiger partial charge in [-0.15, -0.1) is 0 Å². The molecule has 2 heterocycles. The maximum Gasteiger partial charge on any atom is 0.393 e. The van der Waals surface area contributed by atoms with Crippen molar-refractivity contribution in [1.82, 2.24) is 10.2 Å². The van der Waals surface area contributed by atoms with Gasteiger partial charge in [0, 0.05) is 42.5 Å². The first-order chi connectivity index (χ1) is 23.1. The van der Waals surface area contributed by atoms with E-state index in [1.165, 1.54) is 12.1 Å². The van der Waals surface area contributed by atoms with Gasteiger partial charge in [-0.05, 0) is 65.3 Å². The fourth-order valence-electron chi connectivity index (χ4n) is 5.72. The number of alkyl halides is 3. The van der Waals surface area contributed by atoms with Crippen molar-refractivity contribution in [2.24, 2.45) is 0 Å². The van der Waals surface area contributed by atoms with E-state index in [-0.39, 0.29) is 42.7 Å². The second-order valence-corrected chi connectivity index (χ2v) is 13.3. The lowest BCUT2D eigenvalue weighted by molar-refractivity contribution is -0.130. The third kappa shape index (κ3) is 9.75. The zero-order valence-electron chi connectivity index (χ0n) is 27.0. The molecule has 1 saturated heterocycles. The summed E-state index contributed by atoms with van der Waals surface area (Å²) < 4.78 is 68.9. The predicted molar refractivity (Wildman–Crippen MR) is 186 cm³/mol. The van der Waals surface area contributed by atoms with E-state index in [1.54, 1.807) is 66.4 Å². The van der Waals surface area contributed by atoms with Gasteiger partial charge in [-0.25, -0.2) is 4.39 Å². The number of allylic oxidation sites excluding steroid dienone is 5. The van der Waals surface area contributed by atoms with Gasteiger partial charge >= 0.3 is 6.18 Å². The number of hydrogen-bond donors (Lipinski definition) is 2. The summed E-state index contributed by atoms with van der Waals surface area (Å²) in [4.78, 5) is 14.1. The van der Waals surface area contributed by atoms with Gasteiger partial charge < -0.3 is 25.4 Å². The number of rotatable bonds is 13. The molecule has 3 aliphatic rings. The molecule has 1 aliphatic carbocycles. The van der Waals surface area contributed by atoms with Crippen LogP contribution in [0.4, 0.5) is 23.2 Å². The molecule has 1 amide bonds. The summed E-state index contributed by atoms with van der Waals surface area (Å²) in [6.07, 6.45) is 5.22. The molecule has 1 saturated carbocycles. The Bertz CT molecular complexity index is 1590. The number of morpholine rings is 1. The number of anilines is 1. The maximum absolute atomic E-state index is 15.0. The smallest absolute Gasteiger partial charge is 0.393 e. The molecule has 0 aromatic heterocycles. The third-order valence-corrected chi connectivity index (χ3v) is 9.66. The minimum absolute atomic E-state index is 0.0193. The van der Waals surface area contributed by atoms with Crippen molar-refractivity contribution in [2.75, 3.05) is 45.2 Å². The monoisotopic (exact) mass is 683 g/mol. The SMILES string of the molecule is CC/C=C(\F)c1cc(/C(C2=CPC(OCC3(NC/C=C/C(=O)N4CCOCC4)CC3)C=C2)=C(\CC(F)(F)F)c2ccccc2)ccc1N. The normalized spacial score (nSPS) is 20.6. The number of nitrogens with zero attached hydrogens (tertiary/aromatic N) is 1. The predicted octanol–water partition coefficient (Wildman–Crippen LogP) is 7.86. The molecular weight excluding hydrogens is 641 g/mol. The molecule has 2 unspecified atom stereocenters. The molecule has 48 heavy (non-hydrogen) atoms. The molecule has 5 rings (SSSR count). The molecule has 11 heteroatoms. The summed E-state index contributed by atoms with van der Waals surface area (Å²) >= 11 is 0. The summed E-state index contributed by atoms with van der Waals surface area (Å²) in [5.74, 6) is 1.15. The van der Waals surface area contributed by atoms with Crippen LogP contribution in [0.1, 0.15) is 49.3 Å². The van der Waals surface area contributed by atoms with Gasteiger partial charge in [0.25, 0.3) is 0 Å². The van der Waals surface area contributed by atoms with Crippen molar-refractivity contribution < 1.29 is 31.8 Å². The van der Waals surface area contributed by atoms with Crippen LogP contribution < -0.4 is 11.1 Å². The summed E-state index contributed by atoms with van der Waals surface area (Å²) in [6.45, 7) is 5.13. The topological polar surface area (TPSA) is 76.8 Å². The van der Waals surface area contributed by atoms with E-state index < -0.39 is 18.4 Å². The van der Waals surface area contributed by atoms with Gasteiger partial charge in [0.05, 0.1) is 32.1 Å². The van der Waals surface area contributed by atoms with Gasteiger partial charge in [-0.1, -0.05) is 75.9 Å². The zero-order chi connectivity index (χ0) is 34.1. The average molecular weight is 684 g/mol. The first-order valence-electron chi connectivity index (χ1n) is 16.2. The lowest BCUT2D eigenvalue weighted by Gasteiger charge is -2.25. The molecule has 2 aromatic rings. The van der Waals surface area contributed by atoms with E-state index in [9.17, 15) is 18.0 Å². The maximum atomic E-state index is 15.0. The number of nitrogens with two attached hydrogens (primary N) is 1. The number of carbonyl (C=O) groups is 1. The molecule has 256 valence electrons. The largest absolute Gasteiger partial charge is 0.398 e. The Morgan fingerprint density at radius 1 is 1.15 bits per heavy atom. The fourth-order valence-corrected chi connectivity index (χ4v) is 6.69. The summed E-state index contributed by atoms with van der Waals surface area (Å²) in [6, 6.07) is 13.2. The molecule has 2 aliphatic heterocycles. The number of carbonyl (C=O) groups excluding carboxylic acids is 1. The Morgan fingerprint density at radius 2 is 1.90 bits per heavy atom. The van der Waals surface area contributed by atoms with E-state index in [1.807, 2.05) is 18.0 Å². The van der Waals surface area contributed by atoms with Crippen LogP contribution in [0, 0.1) is 0 Å². The molecule has 2 atom stereocenters. The Hall–Kier alpha value is -3.56. The number of benzene rings is 2. The van der Waals surface area contributed by atoms with E-state index in [4.69, 9.17) is 15.2 Å². The van der Waals surface area contributed by atoms with Crippen molar-refractivity contribution in [3.05, 3.63) is 107 Å². The number of nitrogens with one attached hydrogen (secondary N) is 1. The van der Waals surface area contributed by atoms with E-state index in [0.29, 0.717) is 68.1 Å². The molecule has 0 spiro atoms. The van der Waals surface area contributed by atoms with Crippen LogP contribution in [0.3, 0.4) is 0 Å². The highest BCUT2D eigenvalue weighted by molar-refractivity contribution is 7.42. The first kappa shape index (κ1) is 35.7. The van der Waals surface area contributed by atoms with Crippen LogP contribution in [0.5, 0.6) is 0 Å². The molecule has 3 N–H and O–H groups in total. The van der Waals surface area contributed by atoms with Gasteiger partial charge in [-0.3, -0.25) is 4.79 Å². The minimum atomic E-state index is -4.48. The molecule has 0 radical (unpaired) electrons. The summed E-state index contributed by atoms with van der Waals surface area (Å²) in [5.41, 5.74) is 8.28. The molecule has 6 nitrogen and oxygen atoms in total. The number of amides is 1. The molecule has 0 bridgehead atoms. The second-order valence-electron chi connectivity index (χ2n) is 12.1. The Kier molecular flexibility index (Phi) is 12.1. The molecule has 2 fully saturated rings. The third-order valence-electron chi connectivity index (χ3n) is 8.50. The van der Waals surface area contributed by atoms with E-state index in [2.05, 4.69) is 5.32 Å². The van der Waals surface area contributed by atoms with Crippen molar-refractivity contribution in [1.29, 1.82) is 0 Å². The number of ether oxygens (including phenoxy) is 2. The number of halogens is 4. The van der Waals surface area contributed by atoms with Gasteiger partial charge in [0.1, 0.15) is 5.83 Å². The van der Waals surface area contributed by atoms with Crippen molar-refractivity contribution >= 4 is 37.1 Å². The van der Waals surface area contributed by atoms with Crippen LogP contribution in [-0.2, 0) is 14.3 Å². The van der Waals surface area contributed by atoms with E-state index in [0.717, 1.165) is 12.8 Å². The highest BCUT2D eigenvalue weighted by atomic mass is 31.1. The second kappa shape index (κ2) is 16.2. The summed E-state index contributed by atoms with van der Waals surface area (Å²) in [7, 11) is 0.155. The Morgan fingerprint density at radius 3 is 2.54 bits per heavy atom. The van der Waals surface area contributed by atoms with E-state index >= 15 is 4.39 Å². The lowest BCUT2D eigenvalue weighted by Crippen LogP contribution is -2.40. The molecular formula is C37H42F4N3O3P. The highest BCUT2D eigenvalue weighted by Gasteiger charge is 2.42. The van der Waals surface area contributed by atoms with Crippen LogP contribution in [0.25, 0.3) is 17.0 Å². The average Bonchev–Trinajstić information content (AvgIpc) is 3.87. The standard InChI is InChI=1S/C37H42F4N3O3P/c1-2-7-31(38)29-22-27(11-13-32(29)42)35(30(23-37(39,40)41)26-8-4-3-5-9-26)28-12-14-34(48-24-28)47-25-36(15-16-36)43-17-6-10-33(45)44-18-20-46-21-19-44/h3-14,22,24,34,43,48H,2,15-21,23,25,42H2,1H3/b10-6+,31-7-,35-30-. The first-order valence-corrected chi connectivity index (χ1v) is 17.4. The van der Waals surface area contributed by atoms with Crippen LogP contribution in [0.2, 0.25) is 0 Å². The summed E-state index contributed by atoms with van der Waals surface area (Å²) in [5, 5.41) is 3.50. The van der Waals surface area contributed by atoms with Crippen molar-refractivity contribution in [3.8, 4) is 0 Å². The van der Waals surface area contributed by atoms with Crippen LogP contribution in [-0.4, -0.2) is 67.8 Å². The number of hydrogen-bond acceptors (Lipinski definition) is 5.